The van der Waals surface area contributed by atoms with Crippen LogP contribution in [0, 0.1) is 3.57 Å². The van der Waals surface area contributed by atoms with Gasteiger partial charge in [0.2, 0.25) is 0 Å². The number of halogens is 1. The Balaban J connectivity index is 2.04. The van der Waals surface area contributed by atoms with Crippen LogP contribution >= 0.6 is 22.6 Å². The lowest BCUT2D eigenvalue weighted by molar-refractivity contribution is -0.150. The van der Waals surface area contributed by atoms with Crippen molar-refractivity contribution in [2.24, 2.45) is 0 Å². The number of ether oxygens (including phenoxy) is 1. The third kappa shape index (κ3) is 6.31. The van der Waals surface area contributed by atoms with E-state index in [1.165, 1.54) is 3.57 Å². The van der Waals surface area contributed by atoms with Gasteiger partial charge in [0.15, 0.2) is 0 Å². The maximum absolute atomic E-state index is 12.4. The van der Waals surface area contributed by atoms with Crippen molar-refractivity contribution in [2.75, 3.05) is 0 Å². The Morgan fingerprint density at radius 2 is 1.70 bits per heavy atom. The first-order chi connectivity index (χ1) is 11.0. The summed E-state index contributed by atoms with van der Waals surface area (Å²) in [5.41, 5.74) is 2.27. The second kappa shape index (κ2) is 9.03. The normalized spacial score (nSPS) is 12.2. The van der Waals surface area contributed by atoms with Gasteiger partial charge >= 0.3 is 5.97 Å². The van der Waals surface area contributed by atoms with Gasteiger partial charge in [-0.05, 0) is 66.1 Å². The van der Waals surface area contributed by atoms with Crippen LogP contribution in [0.15, 0.2) is 54.6 Å². The maximum Gasteiger partial charge on any atom is 0.323 e. The zero-order valence-corrected chi connectivity index (χ0v) is 15.6. The van der Waals surface area contributed by atoms with Crippen LogP contribution in [-0.4, -0.2) is 18.1 Å². The zero-order chi connectivity index (χ0) is 16.7. The van der Waals surface area contributed by atoms with Gasteiger partial charge < -0.3 is 10.1 Å². The molecule has 0 heterocycles. The van der Waals surface area contributed by atoms with Gasteiger partial charge in [-0.15, -0.1) is 0 Å². The van der Waals surface area contributed by atoms with E-state index < -0.39 is 0 Å². The lowest BCUT2D eigenvalue weighted by Gasteiger charge is -2.19. The molecule has 3 nitrogen and oxygen atoms in total. The number of hydrogen-bond acceptors (Lipinski definition) is 3. The van der Waals surface area contributed by atoms with Gasteiger partial charge in [0.1, 0.15) is 6.04 Å². The monoisotopic (exact) mass is 423 g/mol. The maximum atomic E-state index is 12.4. The molecule has 122 valence electrons. The first kappa shape index (κ1) is 17.9. The molecule has 0 amide bonds. The van der Waals surface area contributed by atoms with Gasteiger partial charge in [-0.3, -0.25) is 4.79 Å². The summed E-state index contributed by atoms with van der Waals surface area (Å²) in [6, 6.07) is 17.9. The molecule has 0 aromatic heterocycles. The van der Waals surface area contributed by atoms with Gasteiger partial charge in [0.05, 0.1) is 6.10 Å². The lowest BCUT2D eigenvalue weighted by atomic mass is 10.1. The van der Waals surface area contributed by atoms with Crippen molar-refractivity contribution < 1.29 is 9.53 Å². The number of nitrogens with one attached hydrogen (secondary N) is 1. The highest BCUT2D eigenvalue weighted by Gasteiger charge is 2.21. The minimum absolute atomic E-state index is 0.111. The van der Waals surface area contributed by atoms with Crippen molar-refractivity contribution in [1.82, 2.24) is 5.32 Å². The zero-order valence-electron chi connectivity index (χ0n) is 13.5. The third-order valence-corrected chi connectivity index (χ3v) is 4.10. The predicted molar refractivity (Wildman–Crippen MR) is 101 cm³/mol. The summed E-state index contributed by atoms with van der Waals surface area (Å²) in [7, 11) is 0. The van der Waals surface area contributed by atoms with Gasteiger partial charge in [-0.1, -0.05) is 42.5 Å². The summed E-state index contributed by atoms with van der Waals surface area (Å²) in [4.78, 5) is 12.4. The predicted octanol–water partition coefficient (Wildman–Crippen LogP) is 3.94. The first-order valence-corrected chi connectivity index (χ1v) is 8.84. The molecule has 2 aromatic carbocycles. The number of hydrogen-bond donors (Lipinski definition) is 1. The van der Waals surface area contributed by atoms with Gasteiger partial charge in [-0.25, -0.2) is 0 Å². The summed E-state index contributed by atoms with van der Waals surface area (Å²) in [6.07, 6.45) is 0.509. The largest absolute Gasteiger partial charge is 0.462 e. The Hall–Kier alpha value is -1.40. The molecule has 0 bridgehead atoms. The van der Waals surface area contributed by atoms with Crippen molar-refractivity contribution in [3.63, 3.8) is 0 Å². The quantitative estimate of drug-likeness (QED) is 0.542. The molecule has 2 rings (SSSR count). The summed E-state index contributed by atoms with van der Waals surface area (Å²) in [5.74, 6) is -0.200. The van der Waals surface area contributed by atoms with E-state index in [2.05, 4.69) is 52.2 Å². The van der Waals surface area contributed by atoms with Crippen molar-refractivity contribution in [2.45, 2.75) is 39.0 Å². The number of benzene rings is 2. The smallest absolute Gasteiger partial charge is 0.323 e. The molecule has 4 heteroatoms. The second-order valence-corrected chi connectivity index (χ2v) is 6.98. The van der Waals surface area contributed by atoms with E-state index in [-0.39, 0.29) is 18.1 Å². The third-order valence-electron chi connectivity index (χ3n) is 3.38. The van der Waals surface area contributed by atoms with Crippen LogP contribution in [0.4, 0.5) is 0 Å². The number of esters is 1. The molecule has 2 aromatic rings. The standard InChI is InChI=1S/C19H22INO2/c1-14(2)23-19(22)18(12-15-8-10-17(20)11-9-15)21-13-16-6-4-3-5-7-16/h3-11,14,18,21H,12-13H2,1-2H3. The Labute approximate surface area is 151 Å². The molecule has 0 saturated carbocycles. The van der Waals surface area contributed by atoms with Crippen LogP contribution < -0.4 is 5.32 Å². The average molecular weight is 423 g/mol. The highest BCUT2D eigenvalue weighted by atomic mass is 127. The molecule has 0 fully saturated rings. The summed E-state index contributed by atoms with van der Waals surface area (Å²) < 4.78 is 6.58. The summed E-state index contributed by atoms with van der Waals surface area (Å²) >= 11 is 2.28. The molecule has 0 saturated heterocycles. The van der Waals surface area contributed by atoms with Gasteiger partial charge in [-0.2, -0.15) is 0 Å². The molecule has 0 radical (unpaired) electrons. The highest BCUT2D eigenvalue weighted by molar-refractivity contribution is 14.1. The van der Waals surface area contributed by atoms with Crippen molar-refractivity contribution in [3.8, 4) is 0 Å². The van der Waals surface area contributed by atoms with E-state index >= 15 is 0 Å². The molecular formula is C19H22INO2. The van der Waals surface area contributed by atoms with E-state index in [1.54, 1.807) is 0 Å². The second-order valence-electron chi connectivity index (χ2n) is 5.74. The Morgan fingerprint density at radius 1 is 1.04 bits per heavy atom. The van der Waals surface area contributed by atoms with E-state index in [0.29, 0.717) is 13.0 Å². The van der Waals surface area contributed by atoms with Gasteiger partial charge in [0.25, 0.3) is 0 Å². The molecule has 1 unspecified atom stereocenters. The number of rotatable bonds is 7. The Bertz CT molecular complexity index is 611. The van der Waals surface area contributed by atoms with Crippen molar-refractivity contribution in [3.05, 3.63) is 69.3 Å². The van der Waals surface area contributed by atoms with E-state index in [0.717, 1.165) is 11.1 Å². The van der Waals surface area contributed by atoms with Crippen LogP contribution in [0.1, 0.15) is 25.0 Å². The van der Waals surface area contributed by atoms with E-state index in [9.17, 15) is 4.79 Å². The van der Waals surface area contributed by atoms with Crippen molar-refractivity contribution in [1.29, 1.82) is 0 Å². The highest BCUT2D eigenvalue weighted by Crippen LogP contribution is 2.11. The average Bonchev–Trinajstić information content (AvgIpc) is 2.53. The Morgan fingerprint density at radius 3 is 2.30 bits per heavy atom. The minimum atomic E-state index is -0.349. The number of carbonyl (C=O) groups is 1. The van der Waals surface area contributed by atoms with Crippen molar-refractivity contribution >= 4 is 28.6 Å². The Kier molecular flexibility index (Phi) is 7.05. The molecule has 0 aliphatic rings. The molecule has 0 spiro atoms. The lowest BCUT2D eigenvalue weighted by Crippen LogP contribution is -2.40. The fourth-order valence-electron chi connectivity index (χ4n) is 2.25. The fourth-order valence-corrected chi connectivity index (χ4v) is 2.61. The minimum Gasteiger partial charge on any atom is -0.462 e. The molecular weight excluding hydrogens is 401 g/mol. The van der Waals surface area contributed by atoms with Gasteiger partial charge in [0, 0.05) is 10.1 Å². The van der Waals surface area contributed by atoms with E-state index in [1.807, 2.05) is 44.2 Å². The first-order valence-electron chi connectivity index (χ1n) is 7.77. The SMILES string of the molecule is CC(C)OC(=O)C(Cc1ccc(I)cc1)NCc1ccccc1. The van der Waals surface area contributed by atoms with Crippen LogP contribution in [0.3, 0.4) is 0 Å². The summed E-state index contributed by atoms with van der Waals surface area (Å²) in [5, 5.41) is 3.33. The molecule has 1 atom stereocenters. The topological polar surface area (TPSA) is 38.3 Å². The number of carbonyl (C=O) groups excluding carboxylic acids is 1. The van der Waals surface area contributed by atoms with E-state index in [4.69, 9.17) is 4.74 Å². The van der Waals surface area contributed by atoms with Crippen LogP contribution in [0.5, 0.6) is 0 Å². The van der Waals surface area contributed by atoms with Crippen LogP contribution in [0.2, 0.25) is 0 Å². The fraction of sp³-hybridized carbons (Fsp3) is 0.316. The summed E-state index contributed by atoms with van der Waals surface area (Å²) in [6.45, 7) is 4.39. The molecule has 0 aliphatic heterocycles. The van der Waals surface area contributed by atoms with Crippen LogP contribution in [-0.2, 0) is 22.5 Å². The molecule has 23 heavy (non-hydrogen) atoms. The molecule has 0 aliphatic carbocycles. The molecule has 1 N–H and O–H groups in total. The van der Waals surface area contributed by atoms with Crippen LogP contribution in [0.25, 0.3) is 0 Å².